The number of carbonyl (C=O) groups excluding carboxylic acids is 2. The molecular formula is C13H25NO3. The number of esters is 1. The maximum absolute atomic E-state index is 11.4. The Morgan fingerprint density at radius 2 is 1.76 bits per heavy atom. The van der Waals surface area contributed by atoms with Gasteiger partial charge in [0.25, 0.3) is 0 Å². The Labute approximate surface area is 104 Å². The summed E-state index contributed by atoms with van der Waals surface area (Å²) in [5.74, 6) is 0.161. The summed E-state index contributed by atoms with van der Waals surface area (Å²) >= 11 is 0. The second-order valence-electron chi connectivity index (χ2n) is 5.62. The fourth-order valence-corrected chi connectivity index (χ4v) is 1.20. The molecule has 0 saturated heterocycles. The summed E-state index contributed by atoms with van der Waals surface area (Å²) in [6, 6.07) is 0. The predicted molar refractivity (Wildman–Crippen MR) is 67.5 cm³/mol. The lowest BCUT2D eigenvalue weighted by Gasteiger charge is -2.19. The van der Waals surface area contributed by atoms with Gasteiger partial charge in [-0.15, -0.1) is 0 Å². The summed E-state index contributed by atoms with van der Waals surface area (Å²) in [5.41, 5.74) is -0.481. The first-order valence-electron chi connectivity index (χ1n) is 6.19. The van der Waals surface area contributed by atoms with Crippen molar-refractivity contribution >= 4 is 11.9 Å². The highest BCUT2D eigenvalue weighted by molar-refractivity contribution is 5.81. The van der Waals surface area contributed by atoms with Gasteiger partial charge in [-0.1, -0.05) is 13.8 Å². The van der Waals surface area contributed by atoms with Crippen molar-refractivity contribution in [1.82, 2.24) is 5.32 Å². The quantitative estimate of drug-likeness (QED) is 0.728. The molecule has 0 spiro atoms. The second kappa shape index (κ2) is 7.30. The molecule has 0 aromatic heterocycles. The number of amides is 1. The Morgan fingerprint density at radius 1 is 1.18 bits per heavy atom. The van der Waals surface area contributed by atoms with Crippen LogP contribution in [0.3, 0.4) is 0 Å². The van der Waals surface area contributed by atoms with Crippen molar-refractivity contribution in [3.63, 3.8) is 0 Å². The van der Waals surface area contributed by atoms with Gasteiger partial charge in [-0.05, 0) is 33.1 Å². The third-order valence-electron chi connectivity index (χ3n) is 2.02. The van der Waals surface area contributed by atoms with Gasteiger partial charge in [0.15, 0.2) is 0 Å². The maximum Gasteiger partial charge on any atom is 0.306 e. The highest BCUT2D eigenvalue weighted by Gasteiger charge is 2.16. The Bertz CT molecular complexity index is 254. The average molecular weight is 243 g/mol. The highest BCUT2D eigenvalue weighted by atomic mass is 16.6. The van der Waals surface area contributed by atoms with Gasteiger partial charge < -0.3 is 10.1 Å². The van der Waals surface area contributed by atoms with Gasteiger partial charge in [-0.3, -0.25) is 9.59 Å². The monoisotopic (exact) mass is 243 g/mol. The molecular weight excluding hydrogens is 218 g/mol. The van der Waals surface area contributed by atoms with Crippen LogP contribution in [0.25, 0.3) is 0 Å². The zero-order chi connectivity index (χ0) is 13.5. The fraction of sp³-hybridized carbons (Fsp3) is 0.846. The first-order valence-corrected chi connectivity index (χ1v) is 6.19. The van der Waals surface area contributed by atoms with Gasteiger partial charge in [0, 0.05) is 13.0 Å². The summed E-state index contributed by atoms with van der Waals surface area (Å²) in [7, 11) is 0. The largest absolute Gasteiger partial charge is 0.460 e. The molecule has 0 bridgehead atoms. The number of nitrogens with one attached hydrogen (secondary N) is 1. The molecule has 0 aromatic carbocycles. The van der Waals surface area contributed by atoms with E-state index < -0.39 is 5.60 Å². The molecule has 4 nitrogen and oxygen atoms in total. The van der Waals surface area contributed by atoms with E-state index in [9.17, 15) is 9.59 Å². The van der Waals surface area contributed by atoms with E-state index in [1.54, 1.807) is 0 Å². The normalized spacial score (nSPS) is 11.4. The molecule has 100 valence electrons. The molecule has 0 aromatic rings. The SMILES string of the molecule is CC(C)CCNC(=O)CCC(=O)OC(C)(C)C. The van der Waals surface area contributed by atoms with E-state index in [-0.39, 0.29) is 24.7 Å². The third kappa shape index (κ3) is 11.2. The Hall–Kier alpha value is -1.06. The van der Waals surface area contributed by atoms with E-state index in [1.165, 1.54) is 0 Å². The van der Waals surface area contributed by atoms with Gasteiger partial charge in [0.1, 0.15) is 5.60 Å². The molecule has 0 aliphatic heterocycles. The van der Waals surface area contributed by atoms with Crippen LogP contribution in [0.5, 0.6) is 0 Å². The molecule has 0 atom stereocenters. The molecule has 0 aliphatic rings. The van der Waals surface area contributed by atoms with Crippen LogP contribution < -0.4 is 5.32 Å². The van der Waals surface area contributed by atoms with Gasteiger partial charge in [-0.2, -0.15) is 0 Å². The molecule has 0 heterocycles. The summed E-state index contributed by atoms with van der Waals surface area (Å²) in [6.07, 6.45) is 1.30. The summed E-state index contributed by atoms with van der Waals surface area (Å²) < 4.78 is 5.11. The van der Waals surface area contributed by atoms with Crippen molar-refractivity contribution in [2.24, 2.45) is 5.92 Å². The average Bonchev–Trinajstić information content (AvgIpc) is 2.11. The summed E-state index contributed by atoms with van der Waals surface area (Å²) in [5, 5.41) is 2.79. The lowest BCUT2D eigenvalue weighted by molar-refractivity contribution is -0.155. The highest BCUT2D eigenvalue weighted by Crippen LogP contribution is 2.09. The predicted octanol–water partition coefficient (Wildman–Crippen LogP) is 2.27. The summed E-state index contributed by atoms with van der Waals surface area (Å²) in [4.78, 5) is 22.7. The number of hydrogen-bond donors (Lipinski definition) is 1. The second-order valence-corrected chi connectivity index (χ2v) is 5.62. The Morgan fingerprint density at radius 3 is 2.24 bits per heavy atom. The van der Waals surface area contributed by atoms with Gasteiger partial charge in [0.05, 0.1) is 6.42 Å². The van der Waals surface area contributed by atoms with Gasteiger partial charge >= 0.3 is 5.97 Å². The number of ether oxygens (including phenoxy) is 1. The first kappa shape index (κ1) is 15.9. The maximum atomic E-state index is 11.4. The Balaban J connectivity index is 3.67. The van der Waals surface area contributed by atoms with Crippen LogP contribution in [0.15, 0.2) is 0 Å². The minimum absolute atomic E-state index is 0.0866. The fourth-order valence-electron chi connectivity index (χ4n) is 1.20. The molecule has 4 heteroatoms. The number of rotatable bonds is 6. The molecule has 0 fully saturated rings. The van der Waals surface area contributed by atoms with Crippen LogP contribution >= 0.6 is 0 Å². The van der Waals surface area contributed by atoms with Crippen molar-refractivity contribution in [2.75, 3.05) is 6.54 Å². The molecule has 1 amide bonds. The van der Waals surface area contributed by atoms with Crippen LogP contribution in [-0.4, -0.2) is 24.0 Å². The van der Waals surface area contributed by atoms with Crippen LogP contribution in [0.1, 0.15) is 53.9 Å². The van der Waals surface area contributed by atoms with Crippen molar-refractivity contribution in [3.05, 3.63) is 0 Å². The van der Waals surface area contributed by atoms with Crippen molar-refractivity contribution in [3.8, 4) is 0 Å². The van der Waals surface area contributed by atoms with Gasteiger partial charge in [0.2, 0.25) is 5.91 Å². The van der Waals surface area contributed by atoms with Crippen LogP contribution in [-0.2, 0) is 14.3 Å². The van der Waals surface area contributed by atoms with Crippen molar-refractivity contribution in [1.29, 1.82) is 0 Å². The van der Waals surface area contributed by atoms with Crippen LogP contribution in [0.2, 0.25) is 0 Å². The zero-order valence-electron chi connectivity index (χ0n) is 11.6. The lowest BCUT2D eigenvalue weighted by Crippen LogP contribution is -2.28. The molecule has 1 N–H and O–H groups in total. The van der Waals surface area contributed by atoms with Crippen LogP contribution in [0, 0.1) is 5.92 Å². The number of carbonyl (C=O) groups is 2. The van der Waals surface area contributed by atoms with E-state index in [0.29, 0.717) is 12.5 Å². The van der Waals surface area contributed by atoms with E-state index in [4.69, 9.17) is 4.74 Å². The molecule has 0 aliphatic carbocycles. The van der Waals surface area contributed by atoms with E-state index in [2.05, 4.69) is 19.2 Å². The first-order chi connectivity index (χ1) is 7.70. The standard InChI is InChI=1S/C13H25NO3/c1-10(2)8-9-14-11(15)6-7-12(16)17-13(3,4)5/h10H,6-9H2,1-5H3,(H,14,15). The molecule has 0 rings (SSSR count). The van der Waals surface area contributed by atoms with Gasteiger partial charge in [-0.25, -0.2) is 0 Å². The Kier molecular flexibility index (Phi) is 6.85. The molecule has 17 heavy (non-hydrogen) atoms. The third-order valence-corrected chi connectivity index (χ3v) is 2.02. The van der Waals surface area contributed by atoms with E-state index >= 15 is 0 Å². The molecule has 0 saturated carbocycles. The smallest absolute Gasteiger partial charge is 0.306 e. The minimum atomic E-state index is -0.481. The van der Waals surface area contributed by atoms with Crippen molar-refractivity contribution in [2.45, 2.75) is 59.5 Å². The van der Waals surface area contributed by atoms with Crippen molar-refractivity contribution < 1.29 is 14.3 Å². The zero-order valence-corrected chi connectivity index (χ0v) is 11.6. The van der Waals surface area contributed by atoms with E-state index in [1.807, 2.05) is 20.8 Å². The minimum Gasteiger partial charge on any atom is -0.460 e. The van der Waals surface area contributed by atoms with Crippen LogP contribution in [0.4, 0.5) is 0 Å². The van der Waals surface area contributed by atoms with E-state index in [0.717, 1.165) is 6.42 Å². The topological polar surface area (TPSA) is 55.4 Å². The lowest BCUT2D eigenvalue weighted by atomic mass is 10.1. The molecule has 0 unspecified atom stereocenters. The number of hydrogen-bond acceptors (Lipinski definition) is 3. The summed E-state index contributed by atoms with van der Waals surface area (Å²) in [6.45, 7) is 10.3. The molecule has 0 radical (unpaired) electrons.